The topological polar surface area (TPSA) is 62.9 Å². The molecule has 7 heteroatoms. The predicted octanol–water partition coefficient (Wildman–Crippen LogP) is 3.47. The van der Waals surface area contributed by atoms with Crippen LogP contribution in [0.3, 0.4) is 0 Å². The van der Waals surface area contributed by atoms with Crippen molar-refractivity contribution >= 4 is 47.0 Å². The zero-order valence-electron chi connectivity index (χ0n) is 14.4. The number of nitrogens with zero attached hydrogens (tertiary/aromatic N) is 2. The SMILES string of the molecule is Cc1cccc(NC(N)=NCC(c2cccs2)N2CCOCC2)c1.I. The maximum atomic E-state index is 6.09. The van der Waals surface area contributed by atoms with Crippen LogP contribution in [-0.2, 0) is 4.74 Å². The fourth-order valence-electron chi connectivity index (χ4n) is 2.85. The molecule has 25 heavy (non-hydrogen) atoms. The van der Waals surface area contributed by atoms with Crippen molar-refractivity contribution in [3.05, 3.63) is 52.2 Å². The molecule has 3 rings (SSSR count). The Bertz CT molecular complexity index is 671. The minimum absolute atomic E-state index is 0. The molecule has 0 radical (unpaired) electrons. The van der Waals surface area contributed by atoms with E-state index < -0.39 is 0 Å². The highest BCUT2D eigenvalue weighted by atomic mass is 127. The lowest BCUT2D eigenvalue weighted by Gasteiger charge is -2.33. The molecule has 0 amide bonds. The molecule has 2 aromatic rings. The van der Waals surface area contributed by atoms with Crippen molar-refractivity contribution in [1.29, 1.82) is 0 Å². The van der Waals surface area contributed by atoms with Gasteiger partial charge in [-0.2, -0.15) is 0 Å². The highest BCUT2D eigenvalue weighted by molar-refractivity contribution is 14.0. The van der Waals surface area contributed by atoms with Crippen LogP contribution in [0.1, 0.15) is 16.5 Å². The van der Waals surface area contributed by atoms with Crippen LogP contribution in [-0.4, -0.2) is 43.7 Å². The number of morpholine rings is 1. The van der Waals surface area contributed by atoms with Crippen molar-refractivity contribution in [2.24, 2.45) is 10.7 Å². The van der Waals surface area contributed by atoms with Gasteiger partial charge in [-0.15, -0.1) is 35.3 Å². The van der Waals surface area contributed by atoms with Gasteiger partial charge in [0.15, 0.2) is 5.96 Å². The first-order chi connectivity index (χ1) is 11.7. The van der Waals surface area contributed by atoms with E-state index >= 15 is 0 Å². The van der Waals surface area contributed by atoms with E-state index in [9.17, 15) is 0 Å². The van der Waals surface area contributed by atoms with Gasteiger partial charge in [-0.1, -0.05) is 18.2 Å². The van der Waals surface area contributed by atoms with Crippen LogP contribution in [0.25, 0.3) is 0 Å². The molecule has 0 bridgehead atoms. The summed E-state index contributed by atoms with van der Waals surface area (Å²) in [5, 5.41) is 5.29. The summed E-state index contributed by atoms with van der Waals surface area (Å²) in [5.41, 5.74) is 8.25. The van der Waals surface area contributed by atoms with Crippen LogP contribution in [0, 0.1) is 6.92 Å². The highest BCUT2D eigenvalue weighted by Crippen LogP contribution is 2.26. The van der Waals surface area contributed by atoms with Crippen molar-refractivity contribution in [1.82, 2.24) is 4.90 Å². The Morgan fingerprint density at radius 3 is 2.80 bits per heavy atom. The van der Waals surface area contributed by atoms with Gasteiger partial charge in [0.2, 0.25) is 0 Å². The second-order valence-electron chi connectivity index (χ2n) is 5.90. The third-order valence-electron chi connectivity index (χ3n) is 4.08. The Balaban J connectivity index is 0.00000225. The van der Waals surface area contributed by atoms with Gasteiger partial charge in [0.1, 0.15) is 0 Å². The summed E-state index contributed by atoms with van der Waals surface area (Å²) in [7, 11) is 0. The van der Waals surface area contributed by atoms with Crippen LogP contribution in [0.15, 0.2) is 46.8 Å². The van der Waals surface area contributed by atoms with E-state index in [1.165, 1.54) is 10.4 Å². The number of nitrogens with two attached hydrogens (primary N) is 1. The quantitative estimate of drug-likeness (QED) is 0.398. The summed E-state index contributed by atoms with van der Waals surface area (Å²) in [4.78, 5) is 8.34. The fourth-order valence-corrected chi connectivity index (χ4v) is 3.70. The average molecular weight is 472 g/mol. The number of hydrogen-bond acceptors (Lipinski definition) is 4. The fraction of sp³-hybridized carbons (Fsp3) is 0.389. The molecule has 1 aliphatic heterocycles. The van der Waals surface area contributed by atoms with Crippen molar-refractivity contribution in [2.75, 3.05) is 38.2 Å². The number of rotatable bonds is 5. The Kier molecular flexibility index (Phi) is 8.14. The number of thiophene rings is 1. The Hall–Kier alpha value is -1.16. The zero-order chi connectivity index (χ0) is 16.8. The molecule has 1 saturated heterocycles. The summed E-state index contributed by atoms with van der Waals surface area (Å²) < 4.78 is 5.47. The molecule has 5 nitrogen and oxygen atoms in total. The molecular weight excluding hydrogens is 447 g/mol. The highest BCUT2D eigenvalue weighted by Gasteiger charge is 2.23. The maximum Gasteiger partial charge on any atom is 0.193 e. The molecule has 2 heterocycles. The van der Waals surface area contributed by atoms with Crippen LogP contribution in [0.2, 0.25) is 0 Å². The normalized spacial score (nSPS) is 16.9. The lowest BCUT2D eigenvalue weighted by atomic mass is 10.2. The lowest BCUT2D eigenvalue weighted by Crippen LogP contribution is -2.40. The monoisotopic (exact) mass is 472 g/mol. The molecule has 136 valence electrons. The standard InChI is InChI=1S/C18H24N4OS.HI/c1-14-4-2-5-15(12-14)21-18(19)20-13-16(17-6-3-11-24-17)22-7-9-23-10-8-22;/h2-6,11-12,16H,7-10,13H2,1H3,(H3,19,20,21);1H. The molecule has 1 fully saturated rings. The molecule has 1 unspecified atom stereocenters. The Morgan fingerprint density at radius 1 is 1.32 bits per heavy atom. The van der Waals surface area contributed by atoms with Gasteiger partial charge in [-0.25, -0.2) is 0 Å². The Labute approximate surface area is 170 Å². The zero-order valence-corrected chi connectivity index (χ0v) is 17.5. The first-order valence-corrected chi connectivity index (χ1v) is 9.09. The second kappa shape index (κ2) is 10.1. The smallest absolute Gasteiger partial charge is 0.193 e. The van der Waals surface area contributed by atoms with Crippen molar-refractivity contribution in [3.63, 3.8) is 0 Å². The van der Waals surface area contributed by atoms with E-state index in [2.05, 4.69) is 51.8 Å². The van der Waals surface area contributed by atoms with Gasteiger partial charge in [-0.05, 0) is 36.1 Å². The average Bonchev–Trinajstić information content (AvgIpc) is 3.10. The predicted molar refractivity (Wildman–Crippen MR) is 116 cm³/mol. The van der Waals surface area contributed by atoms with E-state index in [0.29, 0.717) is 12.5 Å². The van der Waals surface area contributed by atoms with Crippen LogP contribution >= 0.6 is 35.3 Å². The summed E-state index contributed by atoms with van der Waals surface area (Å²) >= 11 is 1.77. The van der Waals surface area contributed by atoms with Gasteiger partial charge in [0.25, 0.3) is 0 Å². The van der Waals surface area contributed by atoms with Gasteiger partial charge in [0, 0.05) is 23.7 Å². The largest absolute Gasteiger partial charge is 0.379 e. The minimum Gasteiger partial charge on any atom is -0.379 e. The number of halogens is 1. The van der Waals surface area contributed by atoms with Crippen LogP contribution < -0.4 is 11.1 Å². The summed E-state index contributed by atoms with van der Waals surface area (Å²) in [6, 6.07) is 12.6. The van der Waals surface area contributed by atoms with Crippen molar-refractivity contribution in [3.8, 4) is 0 Å². The minimum atomic E-state index is 0. The summed E-state index contributed by atoms with van der Waals surface area (Å²) in [5.74, 6) is 0.454. The van der Waals surface area contributed by atoms with Crippen LogP contribution in [0.5, 0.6) is 0 Å². The summed E-state index contributed by atoms with van der Waals surface area (Å²) in [6.07, 6.45) is 0. The van der Waals surface area contributed by atoms with Gasteiger partial charge >= 0.3 is 0 Å². The molecule has 3 N–H and O–H groups in total. The number of ether oxygens (including phenoxy) is 1. The van der Waals surface area contributed by atoms with E-state index in [0.717, 1.165) is 32.0 Å². The second-order valence-corrected chi connectivity index (χ2v) is 6.88. The van der Waals surface area contributed by atoms with Gasteiger partial charge in [0.05, 0.1) is 25.8 Å². The molecule has 0 spiro atoms. The van der Waals surface area contributed by atoms with E-state index in [1.807, 2.05) is 12.1 Å². The first-order valence-electron chi connectivity index (χ1n) is 8.21. The summed E-state index contributed by atoms with van der Waals surface area (Å²) in [6.45, 7) is 6.13. The van der Waals surface area contributed by atoms with Gasteiger partial charge < -0.3 is 15.8 Å². The number of anilines is 1. The molecule has 0 saturated carbocycles. The third kappa shape index (κ3) is 5.95. The molecular formula is C18H25IN4OS. The number of nitrogens with one attached hydrogen (secondary N) is 1. The van der Waals surface area contributed by atoms with Gasteiger partial charge in [-0.3, -0.25) is 9.89 Å². The number of hydrogen-bond donors (Lipinski definition) is 2. The number of benzene rings is 1. The van der Waals surface area contributed by atoms with E-state index in [1.54, 1.807) is 11.3 Å². The number of aryl methyl sites for hydroxylation is 1. The van der Waals surface area contributed by atoms with E-state index in [-0.39, 0.29) is 30.0 Å². The molecule has 1 atom stereocenters. The molecule has 1 aliphatic rings. The maximum absolute atomic E-state index is 6.09. The van der Waals surface area contributed by atoms with E-state index in [4.69, 9.17) is 10.5 Å². The number of aliphatic imine (C=N–C) groups is 1. The lowest BCUT2D eigenvalue weighted by molar-refractivity contribution is 0.0187. The molecule has 1 aromatic heterocycles. The Morgan fingerprint density at radius 2 is 2.12 bits per heavy atom. The molecule has 0 aliphatic carbocycles. The van der Waals surface area contributed by atoms with Crippen molar-refractivity contribution in [2.45, 2.75) is 13.0 Å². The number of guanidine groups is 1. The van der Waals surface area contributed by atoms with Crippen molar-refractivity contribution < 1.29 is 4.74 Å². The third-order valence-corrected chi connectivity index (χ3v) is 5.06. The molecule has 1 aromatic carbocycles. The van der Waals surface area contributed by atoms with Crippen LogP contribution in [0.4, 0.5) is 5.69 Å². The first kappa shape index (κ1) is 20.2.